The van der Waals surface area contributed by atoms with Crippen LogP contribution in [0.4, 0.5) is 4.39 Å². The third-order valence-electron chi connectivity index (χ3n) is 4.28. The minimum absolute atomic E-state index is 0.0856. The number of ether oxygens (including phenoxy) is 1. The summed E-state index contributed by atoms with van der Waals surface area (Å²) in [6, 6.07) is 7.38. The molecule has 3 aromatic rings. The van der Waals surface area contributed by atoms with Crippen LogP contribution in [0.3, 0.4) is 0 Å². The minimum Gasteiger partial charge on any atom is -0.465 e. The van der Waals surface area contributed by atoms with Gasteiger partial charge in [-0.05, 0) is 35.7 Å². The molecule has 0 saturated carbocycles. The van der Waals surface area contributed by atoms with E-state index in [-0.39, 0.29) is 22.2 Å². The molecule has 2 aromatic heterocycles. The maximum atomic E-state index is 14.4. The Labute approximate surface area is 156 Å². The third kappa shape index (κ3) is 3.49. The van der Waals surface area contributed by atoms with Gasteiger partial charge in [0.1, 0.15) is 5.82 Å². The van der Waals surface area contributed by atoms with E-state index < -0.39 is 11.8 Å². The van der Waals surface area contributed by atoms with Crippen molar-refractivity contribution >= 4 is 17.1 Å². The first-order valence-corrected chi connectivity index (χ1v) is 8.57. The monoisotopic (exact) mass is 371 g/mol. The molecule has 7 heteroatoms. The van der Waals surface area contributed by atoms with Crippen molar-refractivity contribution in [1.82, 2.24) is 14.1 Å². The van der Waals surface area contributed by atoms with E-state index >= 15 is 0 Å². The van der Waals surface area contributed by atoms with Crippen LogP contribution in [0.2, 0.25) is 0 Å². The Morgan fingerprint density at radius 2 is 1.93 bits per heavy atom. The number of nitrogens with zero attached hydrogens (tertiary/aromatic N) is 3. The van der Waals surface area contributed by atoms with Gasteiger partial charge in [-0.1, -0.05) is 20.8 Å². The van der Waals surface area contributed by atoms with Crippen LogP contribution in [0.1, 0.15) is 31.1 Å². The summed E-state index contributed by atoms with van der Waals surface area (Å²) >= 11 is 0. The fourth-order valence-corrected chi connectivity index (χ4v) is 3.02. The Morgan fingerprint density at radius 3 is 2.56 bits per heavy atom. The molecule has 3 rings (SSSR count). The lowest BCUT2D eigenvalue weighted by Gasteiger charge is -2.18. The average molecular weight is 371 g/mol. The van der Waals surface area contributed by atoms with E-state index in [4.69, 9.17) is 4.74 Å². The van der Waals surface area contributed by atoms with Gasteiger partial charge in [-0.25, -0.2) is 19.0 Å². The summed E-state index contributed by atoms with van der Waals surface area (Å²) < 4.78 is 22.2. The number of hydrogen-bond acceptors (Lipinski definition) is 4. The highest BCUT2D eigenvalue weighted by atomic mass is 19.1. The zero-order valence-corrected chi connectivity index (χ0v) is 16.0. The standard InChI is InChI=1S/C20H22FN3O3/c1-20(2,3)11-24-16-9-8-15(22-17(16)23(4)19(24)26)13-10-12(18(25)27-5)6-7-14(13)21/h6-10H,11H2,1-5H3. The van der Waals surface area contributed by atoms with Gasteiger partial charge in [0.15, 0.2) is 5.65 Å². The number of fused-ring (bicyclic) bond motifs is 1. The number of halogens is 1. The number of pyridine rings is 1. The first kappa shape index (κ1) is 18.8. The van der Waals surface area contributed by atoms with Crippen molar-refractivity contribution in [3.8, 4) is 11.3 Å². The number of aryl methyl sites for hydroxylation is 1. The highest BCUT2D eigenvalue weighted by Gasteiger charge is 2.20. The number of benzene rings is 1. The first-order chi connectivity index (χ1) is 12.6. The highest BCUT2D eigenvalue weighted by molar-refractivity contribution is 5.91. The summed E-state index contributed by atoms with van der Waals surface area (Å²) in [6.45, 7) is 6.69. The van der Waals surface area contributed by atoms with Crippen LogP contribution in [-0.2, 0) is 18.3 Å². The molecule has 2 heterocycles. The van der Waals surface area contributed by atoms with Gasteiger partial charge in [0.05, 0.1) is 23.9 Å². The van der Waals surface area contributed by atoms with Gasteiger partial charge in [0.25, 0.3) is 0 Å². The third-order valence-corrected chi connectivity index (χ3v) is 4.28. The van der Waals surface area contributed by atoms with Gasteiger partial charge < -0.3 is 4.74 Å². The van der Waals surface area contributed by atoms with Gasteiger partial charge in [0, 0.05) is 19.2 Å². The Hall–Kier alpha value is -2.96. The molecule has 0 atom stereocenters. The number of hydrogen-bond donors (Lipinski definition) is 0. The van der Waals surface area contributed by atoms with E-state index in [1.54, 1.807) is 23.7 Å². The number of aromatic nitrogens is 3. The van der Waals surface area contributed by atoms with Crippen molar-refractivity contribution in [2.24, 2.45) is 12.5 Å². The zero-order valence-electron chi connectivity index (χ0n) is 16.0. The molecular weight excluding hydrogens is 349 g/mol. The largest absolute Gasteiger partial charge is 0.465 e. The summed E-state index contributed by atoms with van der Waals surface area (Å²) in [5.74, 6) is -1.06. The molecule has 0 fully saturated rings. The number of rotatable bonds is 3. The number of esters is 1. The fourth-order valence-electron chi connectivity index (χ4n) is 3.02. The molecule has 27 heavy (non-hydrogen) atoms. The van der Waals surface area contributed by atoms with E-state index in [9.17, 15) is 14.0 Å². The molecule has 0 radical (unpaired) electrons. The first-order valence-electron chi connectivity index (χ1n) is 8.57. The Kier molecular flexibility index (Phi) is 4.63. The maximum Gasteiger partial charge on any atom is 0.337 e. The normalized spacial score (nSPS) is 11.8. The summed E-state index contributed by atoms with van der Waals surface area (Å²) in [7, 11) is 2.91. The average Bonchev–Trinajstić information content (AvgIpc) is 2.84. The molecule has 0 aliphatic rings. The highest BCUT2D eigenvalue weighted by Crippen LogP contribution is 2.26. The molecular formula is C20H22FN3O3. The lowest BCUT2D eigenvalue weighted by Crippen LogP contribution is -2.27. The van der Waals surface area contributed by atoms with Gasteiger partial charge in [-0.2, -0.15) is 0 Å². The molecule has 6 nitrogen and oxygen atoms in total. The van der Waals surface area contributed by atoms with Crippen molar-refractivity contribution in [3.05, 3.63) is 52.2 Å². The Bertz CT molecular complexity index is 1090. The predicted octanol–water partition coefficient (Wildman–Crippen LogP) is 3.37. The predicted molar refractivity (Wildman–Crippen MR) is 101 cm³/mol. The van der Waals surface area contributed by atoms with Crippen molar-refractivity contribution in [2.75, 3.05) is 7.11 Å². The number of methoxy groups -OCH3 is 1. The fraction of sp³-hybridized carbons (Fsp3) is 0.350. The summed E-state index contributed by atoms with van der Waals surface area (Å²) in [4.78, 5) is 28.8. The second-order valence-electron chi connectivity index (χ2n) is 7.71. The van der Waals surface area contributed by atoms with Crippen molar-refractivity contribution in [2.45, 2.75) is 27.3 Å². The summed E-state index contributed by atoms with van der Waals surface area (Å²) in [5, 5.41) is 0. The quantitative estimate of drug-likeness (QED) is 0.662. The van der Waals surface area contributed by atoms with E-state index in [2.05, 4.69) is 4.98 Å². The maximum absolute atomic E-state index is 14.4. The molecule has 0 N–H and O–H groups in total. The minimum atomic E-state index is -0.555. The van der Waals surface area contributed by atoms with Crippen LogP contribution in [0.25, 0.3) is 22.4 Å². The van der Waals surface area contributed by atoms with Crippen molar-refractivity contribution < 1.29 is 13.9 Å². The molecule has 0 saturated heterocycles. The van der Waals surface area contributed by atoms with Gasteiger partial charge in [-0.3, -0.25) is 9.13 Å². The topological polar surface area (TPSA) is 66.1 Å². The smallest absolute Gasteiger partial charge is 0.337 e. The lowest BCUT2D eigenvalue weighted by molar-refractivity contribution is 0.0600. The second kappa shape index (κ2) is 6.64. The van der Waals surface area contributed by atoms with E-state index in [0.717, 1.165) is 0 Å². The van der Waals surface area contributed by atoms with Crippen LogP contribution in [0, 0.1) is 11.2 Å². The molecule has 0 spiro atoms. The van der Waals surface area contributed by atoms with Gasteiger partial charge >= 0.3 is 11.7 Å². The van der Waals surface area contributed by atoms with E-state index in [0.29, 0.717) is 23.4 Å². The molecule has 0 unspecified atom stereocenters. The van der Waals surface area contributed by atoms with Crippen LogP contribution in [0.5, 0.6) is 0 Å². The molecule has 1 aromatic carbocycles. The molecule has 142 valence electrons. The Morgan fingerprint density at radius 1 is 1.22 bits per heavy atom. The SMILES string of the molecule is COC(=O)c1ccc(F)c(-c2ccc3c(n2)n(C)c(=O)n3CC(C)(C)C)c1. The van der Waals surface area contributed by atoms with Crippen LogP contribution >= 0.6 is 0 Å². The summed E-state index contributed by atoms with van der Waals surface area (Å²) in [6.07, 6.45) is 0. The van der Waals surface area contributed by atoms with E-state index in [1.807, 2.05) is 20.8 Å². The Balaban J connectivity index is 2.18. The molecule has 0 aliphatic heterocycles. The van der Waals surface area contributed by atoms with E-state index in [1.165, 1.54) is 29.9 Å². The van der Waals surface area contributed by atoms with Gasteiger partial charge in [-0.15, -0.1) is 0 Å². The zero-order chi connectivity index (χ0) is 19.9. The molecule has 0 bridgehead atoms. The van der Waals surface area contributed by atoms with Crippen LogP contribution in [-0.4, -0.2) is 27.2 Å². The van der Waals surface area contributed by atoms with Gasteiger partial charge in [0.2, 0.25) is 0 Å². The number of carbonyl (C=O) groups excluding carboxylic acids is 1. The summed E-state index contributed by atoms with van der Waals surface area (Å²) in [5.41, 5.74) is 1.64. The van der Waals surface area contributed by atoms with Crippen LogP contribution < -0.4 is 5.69 Å². The molecule has 0 amide bonds. The molecule has 0 aliphatic carbocycles. The number of carbonyl (C=O) groups is 1. The van der Waals surface area contributed by atoms with Crippen molar-refractivity contribution in [3.63, 3.8) is 0 Å². The lowest BCUT2D eigenvalue weighted by atomic mass is 9.97. The van der Waals surface area contributed by atoms with Crippen LogP contribution in [0.15, 0.2) is 35.1 Å². The van der Waals surface area contributed by atoms with Crippen molar-refractivity contribution in [1.29, 1.82) is 0 Å². The second-order valence-corrected chi connectivity index (χ2v) is 7.71. The number of imidazole rings is 1.